The van der Waals surface area contributed by atoms with Crippen molar-refractivity contribution in [3.63, 3.8) is 0 Å². The lowest BCUT2D eigenvalue weighted by atomic mass is 9.66. The molecule has 0 aromatic heterocycles. The maximum atomic E-state index is 12.6. The highest BCUT2D eigenvalue weighted by Crippen LogP contribution is 2.37. The summed E-state index contributed by atoms with van der Waals surface area (Å²) in [5.41, 5.74) is -0.361. The van der Waals surface area contributed by atoms with Crippen molar-refractivity contribution in [1.82, 2.24) is 0 Å². The zero-order chi connectivity index (χ0) is 16.2. The van der Waals surface area contributed by atoms with Gasteiger partial charge >= 0.3 is 5.97 Å². The summed E-state index contributed by atoms with van der Waals surface area (Å²) in [4.78, 5) is 12.6. The maximum absolute atomic E-state index is 12.6. The molecule has 0 fully saturated rings. The summed E-state index contributed by atoms with van der Waals surface area (Å²) in [5, 5.41) is 0. The van der Waals surface area contributed by atoms with E-state index < -0.39 is 5.60 Å². The van der Waals surface area contributed by atoms with Crippen LogP contribution in [-0.4, -0.2) is 18.8 Å². The molecule has 0 rings (SSSR count). The van der Waals surface area contributed by atoms with Crippen LogP contribution in [0.15, 0.2) is 0 Å². The van der Waals surface area contributed by atoms with Gasteiger partial charge in [-0.15, -0.1) is 0 Å². The number of esters is 1. The van der Waals surface area contributed by atoms with Crippen LogP contribution in [0, 0.1) is 16.7 Å². The Morgan fingerprint density at radius 2 is 1.55 bits per heavy atom. The number of carbonyl (C=O) groups excluding carboxylic acids is 1. The van der Waals surface area contributed by atoms with E-state index >= 15 is 0 Å². The normalized spacial score (nSPS) is 14.8. The molecule has 0 saturated carbocycles. The summed E-state index contributed by atoms with van der Waals surface area (Å²) < 4.78 is 5.80. The third kappa shape index (κ3) is 7.96. The molecule has 0 N–H and O–H groups in total. The fourth-order valence-electron chi connectivity index (χ4n) is 2.23. The first-order valence-corrected chi connectivity index (χ1v) is 7.83. The lowest BCUT2D eigenvalue weighted by molar-refractivity contribution is -0.165. The summed E-state index contributed by atoms with van der Waals surface area (Å²) in [5.74, 6) is -0.120. The Balaban J connectivity index is 4.89. The van der Waals surface area contributed by atoms with Crippen molar-refractivity contribution in [2.24, 2.45) is 16.7 Å². The molecule has 1 unspecified atom stereocenters. The molecule has 0 aliphatic rings. The Hall–Kier alpha value is -0.465. The quantitative estimate of drug-likeness (QED) is 0.507. The van der Waals surface area contributed by atoms with Crippen LogP contribution in [-0.2, 0) is 9.53 Å². The molecular formula is C17H34BO2. The third-order valence-electron chi connectivity index (χ3n) is 3.45. The first kappa shape index (κ1) is 19.5. The van der Waals surface area contributed by atoms with Crippen LogP contribution in [0.25, 0.3) is 0 Å². The first-order valence-electron chi connectivity index (χ1n) is 7.83. The number of rotatable bonds is 6. The fraction of sp³-hybridized carbons (Fsp3) is 0.941. The molecule has 2 nitrogen and oxygen atoms in total. The summed E-state index contributed by atoms with van der Waals surface area (Å²) in [6.07, 6.45) is 2.66. The van der Waals surface area contributed by atoms with E-state index in [1.165, 1.54) is 0 Å². The summed E-state index contributed by atoms with van der Waals surface area (Å²) in [6.45, 7) is 19.0. The molecule has 0 bridgehead atoms. The van der Waals surface area contributed by atoms with Gasteiger partial charge < -0.3 is 4.74 Å². The van der Waals surface area contributed by atoms with E-state index in [9.17, 15) is 4.79 Å². The molecule has 0 heterocycles. The van der Waals surface area contributed by atoms with Gasteiger partial charge in [-0.3, -0.25) is 4.79 Å². The summed E-state index contributed by atoms with van der Waals surface area (Å²) in [7, 11) is 2.17. The number of hydrogen-bond acceptors (Lipinski definition) is 2. The molecule has 0 aliphatic carbocycles. The van der Waals surface area contributed by atoms with E-state index in [0.29, 0.717) is 0 Å². The molecule has 0 aromatic rings. The molecule has 0 spiro atoms. The number of hydrogen-bond donors (Lipinski definition) is 0. The predicted molar refractivity (Wildman–Crippen MR) is 88.2 cm³/mol. The molecule has 0 aromatic carbocycles. The van der Waals surface area contributed by atoms with Gasteiger partial charge in [0.25, 0.3) is 0 Å². The molecule has 3 heteroatoms. The van der Waals surface area contributed by atoms with E-state index in [4.69, 9.17) is 4.74 Å². The Morgan fingerprint density at radius 1 is 1.05 bits per heavy atom. The average molecular weight is 281 g/mol. The van der Waals surface area contributed by atoms with Crippen molar-refractivity contribution in [3.05, 3.63) is 0 Å². The van der Waals surface area contributed by atoms with Gasteiger partial charge in [-0.05, 0) is 37.4 Å². The summed E-state index contributed by atoms with van der Waals surface area (Å²) >= 11 is 0. The highest BCUT2D eigenvalue weighted by molar-refractivity contribution is 6.35. The molecule has 1 atom stereocenters. The van der Waals surface area contributed by atoms with Crippen LogP contribution < -0.4 is 0 Å². The van der Waals surface area contributed by atoms with E-state index in [0.717, 1.165) is 19.1 Å². The molecule has 0 aliphatic heterocycles. The molecule has 117 valence electrons. The molecule has 0 saturated heterocycles. The first-order chi connectivity index (χ1) is 8.78. The Morgan fingerprint density at radius 3 is 1.90 bits per heavy atom. The Bertz CT molecular complexity index is 308. The van der Waals surface area contributed by atoms with Gasteiger partial charge in [0.15, 0.2) is 0 Å². The highest BCUT2D eigenvalue weighted by Gasteiger charge is 2.38. The molecular weight excluding hydrogens is 247 g/mol. The Labute approximate surface area is 127 Å². The van der Waals surface area contributed by atoms with E-state index in [1.54, 1.807) is 0 Å². The van der Waals surface area contributed by atoms with E-state index in [2.05, 4.69) is 55.7 Å². The molecule has 20 heavy (non-hydrogen) atoms. The van der Waals surface area contributed by atoms with Gasteiger partial charge in [0, 0.05) is 0 Å². The van der Waals surface area contributed by atoms with Gasteiger partial charge in [0.05, 0.1) is 11.5 Å². The van der Waals surface area contributed by atoms with E-state index in [-0.39, 0.29) is 22.7 Å². The van der Waals surface area contributed by atoms with Crippen LogP contribution in [0.3, 0.4) is 0 Å². The summed E-state index contributed by atoms with van der Waals surface area (Å²) in [6, 6.07) is 0. The van der Waals surface area contributed by atoms with Crippen molar-refractivity contribution in [2.45, 2.75) is 87.0 Å². The smallest absolute Gasteiger partial charge is 0.309 e. The maximum Gasteiger partial charge on any atom is 0.309 e. The monoisotopic (exact) mass is 281 g/mol. The van der Waals surface area contributed by atoms with Gasteiger partial charge in [-0.2, -0.15) is 0 Å². The minimum Gasteiger partial charge on any atom is -0.460 e. The van der Waals surface area contributed by atoms with Crippen molar-refractivity contribution >= 4 is 13.2 Å². The van der Waals surface area contributed by atoms with Gasteiger partial charge in [-0.1, -0.05) is 54.8 Å². The lowest BCUT2D eigenvalue weighted by Crippen LogP contribution is -2.38. The van der Waals surface area contributed by atoms with Crippen LogP contribution in [0.4, 0.5) is 0 Å². The minimum absolute atomic E-state index is 0.0538. The average Bonchev–Trinajstić information content (AvgIpc) is 2.19. The lowest BCUT2D eigenvalue weighted by Gasteiger charge is -2.36. The third-order valence-corrected chi connectivity index (χ3v) is 3.45. The topological polar surface area (TPSA) is 26.3 Å². The molecule has 0 amide bonds. The molecule has 1 radical (unpaired) electrons. The van der Waals surface area contributed by atoms with Crippen molar-refractivity contribution in [3.8, 4) is 0 Å². The van der Waals surface area contributed by atoms with Gasteiger partial charge in [0.2, 0.25) is 0 Å². The van der Waals surface area contributed by atoms with Crippen molar-refractivity contribution < 1.29 is 9.53 Å². The highest BCUT2D eigenvalue weighted by atomic mass is 16.6. The second kappa shape index (κ2) is 7.00. The van der Waals surface area contributed by atoms with Crippen LogP contribution in [0.5, 0.6) is 0 Å². The second-order valence-electron chi connectivity index (χ2n) is 8.77. The van der Waals surface area contributed by atoms with Crippen LogP contribution >= 0.6 is 0 Å². The fourth-order valence-corrected chi connectivity index (χ4v) is 2.23. The second-order valence-corrected chi connectivity index (χ2v) is 8.77. The Kier molecular flexibility index (Phi) is 6.84. The predicted octanol–water partition coefficient (Wildman–Crippen LogP) is 4.97. The van der Waals surface area contributed by atoms with Crippen molar-refractivity contribution in [2.75, 3.05) is 0 Å². The zero-order valence-electron chi connectivity index (χ0n) is 15.1. The SMILES string of the molecule is CC[B]CC(C)(C)OC(=O)C(CC(C)(C)C)C(C)(C)C. The number of ether oxygens (including phenoxy) is 1. The zero-order valence-corrected chi connectivity index (χ0v) is 15.1. The van der Waals surface area contributed by atoms with Crippen LogP contribution in [0.2, 0.25) is 12.6 Å². The largest absolute Gasteiger partial charge is 0.460 e. The number of carbonyl (C=O) groups is 1. The standard InChI is InChI=1S/C17H34BO2/c1-10-18-12-17(8,9)20-14(19)13(16(5,6)7)11-15(2,3)4/h13H,10-12H2,1-9H3. The van der Waals surface area contributed by atoms with Gasteiger partial charge in [0.1, 0.15) is 7.28 Å². The van der Waals surface area contributed by atoms with Crippen LogP contribution in [0.1, 0.15) is 68.7 Å². The van der Waals surface area contributed by atoms with Crippen molar-refractivity contribution in [1.29, 1.82) is 0 Å². The van der Waals surface area contributed by atoms with Gasteiger partial charge in [-0.25, -0.2) is 0 Å². The minimum atomic E-state index is -0.408. The van der Waals surface area contributed by atoms with E-state index in [1.807, 2.05) is 13.8 Å².